The number of allylic oxidation sites excluding steroid dienone is 1. The Bertz CT molecular complexity index is 442. The van der Waals surface area contributed by atoms with E-state index < -0.39 is 0 Å². The van der Waals surface area contributed by atoms with Crippen LogP contribution in [0.25, 0.3) is 5.76 Å². The van der Waals surface area contributed by atoms with Crippen molar-refractivity contribution in [2.75, 3.05) is 0 Å². The normalized spacial score (nSPS) is 14.4. The standard InChI is InChI=1S/C12H12O2/c1-7-4-8(2)12-10(5-7)11(13)6-9(3)14-12/h4-6,13H,3H2,1-2H3. The average molecular weight is 188 g/mol. The Morgan fingerprint density at radius 3 is 2.71 bits per heavy atom. The van der Waals surface area contributed by atoms with Crippen molar-refractivity contribution in [3.63, 3.8) is 0 Å². The van der Waals surface area contributed by atoms with Crippen LogP contribution in [0.1, 0.15) is 16.7 Å². The highest BCUT2D eigenvalue weighted by molar-refractivity contribution is 5.71. The highest BCUT2D eigenvalue weighted by Crippen LogP contribution is 2.35. The lowest BCUT2D eigenvalue weighted by Gasteiger charge is -2.18. The predicted octanol–water partition coefficient (Wildman–Crippen LogP) is 3.11. The van der Waals surface area contributed by atoms with Crippen LogP contribution in [0.15, 0.2) is 30.5 Å². The molecular formula is C12H12O2. The van der Waals surface area contributed by atoms with Crippen LogP contribution >= 0.6 is 0 Å². The molecule has 0 bridgehead atoms. The van der Waals surface area contributed by atoms with E-state index in [1.807, 2.05) is 26.0 Å². The molecule has 0 aromatic heterocycles. The fourth-order valence-electron chi connectivity index (χ4n) is 1.67. The topological polar surface area (TPSA) is 29.5 Å². The van der Waals surface area contributed by atoms with E-state index in [9.17, 15) is 5.11 Å². The van der Waals surface area contributed by atoms with Gasteiger partial charge in [0.15, 0.2) is 0 Å². The van der Waals surface area contributed by atoms with Gasteiger partial charge in [0.2, 0.25) is 0 Å². The fourth-order valence-corrected chi connectivity index (χ4v) is 1.67. The van der Waals surface area contributed by atoms with Gasteiger partial charge in [-0.1, -0.05) is 12.6 Å². The second kappa shape index (κ2) is 2.91. The highest BCUT2D eigenvalue weighted by atomic mass is 16.5. The molecule has 0 spiro atoms. The number of rotatable bonds is 0. The van der Waals surface area contributed by atoms with E-state index in [0.717, 1.165) is 16.7 Å². The first kappa shape index (κ1) is 8.88. The van der Waals surface area contributed by atoms with Gasteiger partial charge in [0.1, 0.15) is 17.3 Å². The van der Waals surface area contributed by atoms with Crippen LogP contribution in [0, 0.1) is 13.8 Å². The lowest BCUT2D eigenvalue weighted by atomic mass is 10.0. The van der Waals surface area contributed by atoms with Crippen LogP contribution in [0.5, 0.6) is 5.75 Å². The van der Waals surface area contributed by atoms with Crippen LogP contribution in [-0.4, -0.2) is 5.11 Å². The molecule has 0 unspecified atom stereocenters. The summed E-state index contributed by atoms with van der Waals surface area (Å²) in [5, 5.41) is 9.70. The second-order valence-corrected chi connectivity index (χ2v) is 3.56. The van der Waals surface area contributed by atoms with Crippen LogP contribution in [0.2, 0.25) is 0 Å². The van der Waals surface area contributed by atoms with Crippen LogP contribution < -0.4 is 4.74 Å². The third kappa shape index (κ3) is 1.29. The molecule has 2 heteroatoms. The maximum Gasteiger partial charge on any atom is 0.141 e. The summed E-state index contributed by atoms with van der Waals surface area (Å²) < 4.78 is 5.46. The minimum atomic E-state index is 0.225. The highest BCUT2D eigenvalue weighted by Gasteiger charge is 2.17. The number of benzene rings is 1. The van der Waals surface area contributed by atoms with Crippen molar-refractivity contribution in [2.45, 2.75) is 13.8 Å². The molecule has 0 radical (unpaired) electrons. The summed E-state index contributed by atoms with van der Waals surface area (Å²) in [5.74, 6) is 1.41. The number of hydrogen-bond acceptors (Lipinski definition) is 2. The first-order chi connectivity index (χ1) is 6.58. The van der Waals surface area contributed by atoms with E-state index in [2.05, 4.69) is 6.58 Å². The van der Waals surface area contributed by atoms with Gasteiger partial charge in [-0.2, -0.15) is 0 Å². The fraction of sp³-hybridized carbons (Fsp3) is 0.167. The van der Waals surface area contributed by atoms with E-state index in [-0.39, 0.29) is 5.76 Å². The summed E-state index contributed by atoms with van der Waals surface area (Å²) in [7, 11) is 0. The SMILES string of the molecule is C=C1C=C(O)c2cc(C)cc(C)c2O1. The Labute approximate surface area is 83.1 Å². The van der Waals surface area contributed by atoms with Gasteiger partial charge in [0.25, 0.3) is 0 Å². The van der Waals surface area contributed by atoms with E-state index in [0.29, 0.717) is 11.5 Å². The maximum absolute atomic E-state index is 9.70. The Balaban J connectivity index is 2.69. The largest absolute Gasteiger partial charge is 0.507 e. The molecule has 2 rings (SSSR count). The van der Waals surface area contributed by atoms with Crippen molar-refractivity contribution in [1.29, 1.82) is 0 Å². The molecule has 0 amide bonds. The Hall–Kier alpha value is -1.70. The summed E-state index contributed by atoms with van der Waals surface area (Å²) in [5.41, 5.74) is 2.87. The Morgan fingerprint density at radius 1 is 1.29 bits per heavy atom. The summed E-state index contributed by atoms with van der Waals surface area (Å²) in [6, 6.07) is 3.92. The van der Waals surface area contributed by atoms with E-state index in [1.165, 1.54) is 6.08 Å². The number of aliphatic hydroxyl groups is 1. The third-order valence-corrected chi connectivity index (χ3v) is 2.23. The van der Waals surface area contributed by atoms with E-state index in [1.54, 1.807) is 0 Å². The summed E-state index contributed by atoms with van der Waals surface area (Å²) in [6.07, 6.45) is 1.53. The third-order valence-electron chi connectivity index (χ3n) is 2.23. The molecule has 1 N–H and O–H groups in total. The average Bonchev–Trinajstić information content (AvgIpc) is 2.07. The van der Waals surface area contributed by atoms with Crippen LogP contribution in [0.4, 0.5) is 0 Å². The Morgan fingerprint density at radius 2 is 2.00 bits per heavy atom. The molecule has 0 saturated carbocycles. The summed E-state index contributed by atoms with van der Waals surface area (Å²) in [6.45, 7) is 7.61. The van der Waals surface area contributed by atoms with Crippen LogP contribution in [-0.2, 0) is 0 Å². The molecule has 1 heterocycles. The molecule has 1 aromatic rings. The molecule has 0 saturated heterocycles. The molecule has 2 nitrogen and oxygen atoms in total. The molecule has 72 valence electrons. The molecule has 0 atom stereocenters. The quantitative estimate of drug-likeness (QED) is 0.677. The van der Waals surface area contributed by atoms with Gasteiger partial charge < -0.3 is 9.84 Å². The number of aliphatic hydroxyl groups excluding tert-OH is 1. The summed E-state index contributed by atoms with van der Waals surface area (Å²) >= 11 is 0. The smallest absolute Gasteiger partial charge is 0.141 e. The minimum absolute atomic E-state index is 0.225. The van der Waals surface area contributed by atoms with Gasteiger partial charge in [-0.25, -0.2) is 0 Å². The van der Waals surface area contributed by atoms with Gasteiger partial charge in [-0.3, -0.25) is 0 Å². The first-order valence-electron chi connectivity index (χ1n) is 4.47. The van der Waals surface area contributed by atoms with Crippen molar-refractivity contribution < 1.29 is 9.84 Å². The van der Waals surface area contributed by atoms with E-state index in [4.69, 9.17) is 4.74 Å². The summed E-state index contributed by atoms with van der Waals surface area (Å²) in [4.78, 5) is 0. The van der Waals surface area contributed by atoms with Gasteiger partial charge in [-0.05, 0) is 31.0 Å². The van der Waals surface area contributed by atoms with E-state index >= 15 is 0 Å². The zero-order valence-electron chi connectivity index (χ0n) is 8.29. The molecule has 0 aliphatic carbocycles. The van der Waals surface area contributed by atoms with Gasteiger partial charge >= 0.3 is 0 Å². The van der Waals surface area contributed by atoms with Crippen molar-refractivity contribution in [3.05, 3.63) is 47.2 Å². The molecule has 1 aromatic carbocycles. The first-order valence-corrected chi connectivity index (χ1v) is 4.47. The number of hydrogen-bond donors (Lipinski definition) is 1. The number of ether oxygens (including phenoxy) is 1. The molecule has 1 aliphatic rings. The van der Waals surface area contributed by atoms with Gasteiger partial charge in [0, 0.05) is 6.08 Å². The lowest BCUT2D eigenvalue weighted by Crippen LogP contribution is -2.04. The Kier molecular flexibility index (Phi) is 1.84. The van der Waals surface area contributed by atoms with Crippen molar-refractivity contribution in [3.8, 4) is 5.75 Å². The molecular weight excluding hydrogens is 176 g/mol. The monoisotopic (exact) mass is 188 g/mol. The predicted molar refractivity (Wildman–Crippen MR) is 56.3 cm³/mol. The minimum Gasteiger partial charge on any atom is -0.507 e. The zero-order chi connectivity index (χ0) is 10.3. The zero-order valence-corrected chi connectivity index (χ0v) is 8.29. The molecule has 0 fully saturated rings. The number of fused-ring (bicyclic) bond motifs is 1. The number of aryl methyl sites for hydroxylation is 2. The molecule has 14 heavy (non-hydrogen) atoms. The maximum atomic E-state index is 9.70. The molecule has 1 aliphatic heterocycles. The van der Waals surface area contributed by atoms with Gasteiger partial charge in [-0.15, -0.1) is 0 Å². The second-order valence-electron chi connectivity index (χ2n) is 3.56. The van der Waals surface area contributed by atoms with Crippen LogP contribution in [0.3, 0.4) is 0 Å². The van der Waals surface area contributed by atoms with Gasteiger partial charge in [0.05, 0.1) is 5.56 Å². The van der Waals surface area contributed by atoms with Crippen molar-refractivity contribution in [2.24, 2.45) is 0 Å². The lowest BCUT2D eigenvalue weighted by molar-refractivity contribution is 0.417. The van der Waals surface area contributed by atoms with Crippen molar-refractivity contribution >= 4 is 5.76 Å². The van der Waals surface area contributed by atoms with Crippen molar-refractivity contribution in [1.82, 2.24) is 0 Å².